The van der Waals surface area contributed by atoms with Crippen molar-refractivity contribution in [1.29, 1.82) is 0 Å². The monoisotopic (exact) mass is 562 g/mol. The van der Waals surface area contributed by atoms with Crippen LogP contribution in [-0.2, 0) is 11.3 Å². The number of anilines is 1. The summed E-state index contributed by atoms with van der Waals surface area (Å²) in [6.07, 6.45) is 0. The number of rotatable bonds is 8. The van der Waals surface area contributed by atoms with Gasteiger partial charge in [0.2, 0.25) is 12.7 Å². The van der Waals surface area contributed by atoms with E-state index < -0.39 is 11.9 Å². The molecule has 0 aliphatic carbocycles. The summed E-state index contributed by atoms with van der Waals surface area (Å²) < 4.78 is 22.8. The highest BCUT2D eigenvalue weighted by Gasteiger charge is 2.17. The number of hydrogen-bond donors (Lipinski definition) is 2. The molecule has 2 N–H and O–H groups in total. The average molecular weight is 563 g/mol. The Morgan fingerprint density at radius 3 is 2.45 bits per heavy atom. The van der Waals surface area contributed by atoms with Crippen molar-refractivity contribution in [3.63, 3.8) is 0 Å². The van der Waals surface area contributed by atoms with Gasteiger partial charge in [0.1, 0.15) is 11.5 Å². The van der Waals surface area contributed by atoms with E-state index in [4.69, 9.17) is 18.9 Å². The number of thioether (sulfide) groups is 1. The fraction of sp³-hybridized carbons (Fsp3) is 0.214. The predicted molar refractivity (Wildman–Crippen MR) is 151 cm³/mol. The van der Waals surface area contributed by atoms with E-state index in [0.29, 0.717) is 51.3 Å². The van der Waals surface area contributed by atoms with Crippen LogP contribution in [0.25, 0.3) is 22.0 Å². The third-order valence-electron chi connectivity index (χ3n) is 6.14. The lowest BCUT2D eigenvalue weighted by Gasteiger charge is -2.13. The fourth-order valence-electron chi connectivity index (χ4n) is 4.17. The van der Waals surface area contributed by atoms with Crippen molar-refractivity contribution in [2.75, 3.05) is 32.1 Å². The van der Waals surface area contributed by atoms with Crippen molar-refractivity contribution in [3.8, 4) is 34.1 Å². The first kappa shape index (κ1) is 26.9. The predicted octanol–water partition coefficient (Wildman–Crippen LogP) is 4.27. The van der Waals surface area contributed by atoms with Crippen molar-refractivity contribution in [3.05, 3.63) is 65.0 Å². The molecule has 0 bridgehead atoms. The number of methoxy groups -OCH3 is 2. The van der Waals surface area contributed by atoms with Gasteiger partial charge in [0.05, 0.1) is 30.9 Å². The van der Waals surface area contributed by atoms with Gasteiger partial charge in [-0.1, -0.05) is 17.8 Å². The number of amides is 3. The maximum Gasteiger partial charge on any atom is 0.325 e. The molecule has 5 rings (SSSR count). The maximum absolute atomic E-state index is 13.4. The molecule has 2 heterocycles. The number of urea groups is 1. The Kier molecular flexibility index (Phi) is 7.78. The summed E-state index contributed by atoms with van der Waals surface area (Å²) in [5.74, 6) is 1.70. The van der Waals surface area contributed by atoms with E-state index in [1.165, 1.54) is 4.57 Å². The van der Waals surface area contributed by atoms with E-state index >= 15 is 0 Å². The second-order valence-corrected chi connectivity index (χ2v) is 9.58. The SMILES string of the molecule is CCn1c(SCC(=O)NC(=O)Nc2ccc3c(c2)OCO3)nc2ccc(-c3cc(OC)cc(OC)c3)cc2c1=O. The summed E-state index contributed by atoms with van der Waals surface area (Å²) in [4.78, 5) is 42.8. The van der Waals surface area contributed by atoms with Gasteiger partial charge in [-0.3, -0.25) is 19.5 Å². The zero-order valence-electron chi connectivity index (χ0n) is 22.0. The molecule has 0 saturated heterocycles. The molecule has 0 spiro atoms. The first-order valence-corrected chi connectivity index (χ1v) is 13.3. The lowest BCUT2D eigenvalue weighted by Crippen LogP contribution is -2.35. The topological polar surface area (TPSA) is 130 Å². The minimum atomic E-state index is -0.689. The smallest absolute Gasteiger partial charge is 0.325 e. The number of nitrogens with zero attached hydrogens (tertiary/aromatic N) is 2. The molecule has 40 heavy (non-hydrogen) atoms. The Hall–Kier alpha value is -4.71. The number of nitrogens with one attached hydrogen (secondary N) is 2. The van der Waals surface area contributed by atoms with Crippen LogP contribution in [0.5, 0.6) is 23.0 Å². The molecule has 0 atom stereocenters. The molecule has 0 fully saturated rings. The van der Waals surface area contributed by atoms with Crippen LogP contribution >= 0.6 is 11.8 Å². The largest absolute Gasteiger partial charge is 0.497 e. The second-order valence-electron chi connectivity index (χ2n) is 8.64. The van der Waals surface area contributed by atoms with E-state index in [0.717, 1.165) is 22.9 Å². The number of imide groups is 1. The van der Waals surface area contributed by atoms with Crippen LogP contribution in [0.1, 0.15) is 6.92 Å². The van der Waals surface area contributed by atoms with Gasteiger partial charge in [-0.25, -0.2) is 9.78 Å². The molecule has 11 nitrogen and oxygen atoms in total. The molecule has 4 aromatic rings. The zero-order valence-corrected chi connectivity index (χ0v) is 22.8. The van der Waals surface area contributed by atoms with Crippen LogP contribution in [0.2, 0.25) is 0 Å². The first-order chi connectivity index (χ1) is 19.4. The summed E-state index contributed by atoms with van der Waals surface area (Å²) in [7, 11) is 3.15. The fourth-order valence-corrected chi connectivity index (χ4v) is 5.04. The van der Waals surface area contributed by atoms with Gasteiger partial charge in [0.15, 0.2) is 16.7 Å². The summed E-state index contributed by atoms with van der Waals surface area (Å²) in [6.45, 7) is 2.30. The lowest BCUT2D eigenvalue weighted by molar-refractivity contribution is -0.117. The van der Waals surface area contributed by atoms with Crippen LogP contribution in [0.15, 0.2) is 64.5 Å². The number of benzene rings is 3. The molecule has 0 radical (unpaired) electrons. The summed E-state index contributed by atoms with van der Waals surface area (Å²) in [5, 5.41) is 5.69. The van der Waals surface area contributed by atoms with E-state index in [2.05, 4.69) is 15.6 Å². The molecule has 1 aromatic heterocycles. The molecule has 206 valence electrons. The minimum Gasteiger partial charge on any atom is -0.497 e. The molecular weight excluding hydrogens is 536 g/mol. The highest BCUT2D eigenvalue weighted by atomic mass is 32.2. The Labute approximate surface area is 233 Å². The van der Waals surface area contributed by atoms with Gasteiger partial charge in [0, 0.05) is 24.4 Å². The van der Waals surface area contributed by atoms with Crippen molar-refractivity contribution < 1.29 is 28.5 Å². The number of ether oxygens (including phenoxy) is 4. The normalized spacial score (nSPS) is 11.8. The van der Waals surface area contributed by atoms with Crippen LogP contribution < -0.4 is 35.1 Å². The summed E-state index contributed by atoms with van der Waals surface area (Å²) >= 11 is 1.07. The van der Waals surface area contributed by atoms with Crippen LogP contribution in [0, 0.1) is 0 Å². The van der Waals surface area contributed by atoms with Gasteiger partial charge in [-0.05, 0) is 54.4 Å². The number of hydrogen-bond acceptors (Lipinski definition) is 9. The highest BCUT2D eigenvalue weighted by molar-refractivity contribution is 7.99. The number of fused-ring (bicyclic) bond motifs is 2. The third-order valence-corrected chi connectivity index (χ3v) is 7.11. The molecular formula is C28H26N4O7S. The molecule has 1 aliphatic heterocycles. The Morgan fingerprint density at radius 2 is 1.73 bits per heavy atom. The average Bonchev–Trinajstić information content (AvgIpc) is 3.43. The van der Waals surface area contributed by atoms with E-state index in [9.17, 15) is 14.4 Å². The molecule has 0 saturated carbocycles. The van der Waals surface area contributed by atoms with Crippen molar-refractivity contribution in [2.45, 2.75) is 18.6 Å². The van der Waals surface area contributed by atoms with E-state index in [1.54, 1.807) is 50.6 Å². The highest BCUT2D eigenvalue weighted by Crippen LogP contribution is 2.34. The Balaban J connectivity index is 1.30. The van der Waals surface area contributed by atoms with Gasteiger partial charge in [-0.2, -0.15) is 0 Å². The van der Waals surface area contributed by atoms with Crippen molar-refractivity contribution >= 4 is 40.3 Å². The zero-order chi connectivity index (χ0) is 28.2. The number of carbonyl (C=O) groups is 2. The Morgan fingerprint density at radius 1 is 0.975 bits per heavy atom. The van der Waals surface area contributed by atoms with Gasteiger partial charge >= 0.3 is 6.03 Å². The van der Waals surface area contributed by atoms with Crippen molar-refractivity contribution in [1.82, 2.24) is 14.9 Å². The van der Waals surface area contributed by atoms with Crippen LogP contribution in [-0.4, -0.2) is 48.3 Å². The minimum absolute atomic E-state index is 0.116. The van der Waals surface area contributed by atoms with Gasteiger partial charge < -0.3 is 24.3 Å². The molecule has 12 heteroatoms. The molecule has 3 amide bonds. The van der Waals surface area contributed by atoms with E-state index in [1.807, 2.05) is 25.1 Å². The lowest BCUT2D eigenvalue weighted by atomic mass is 10.0. The molecule has 3 aromatic carbocycles. The molecule has 1 aliphatic rings. The number of aromatic nitrogens is 2. The van der Waals surface area contributed by atoms with Crippen LogP contribution in [0.4, 0.5) is 10.5 Å². The maximum atomic E-state index is 13.4. The van der Waals surface area contributed by atoms with E-state index in [-0.39, 0.29) is 18.1 Å². The molecule has 0 unspecified atom stereocenters. The quantitative estimate of drug-likeness (QED) is 0.239. The van der Waals surface area contributed by atoms with Crippen LogP contribution in [0.3, 0.4) is 0 Å². The number of carbonyl (C=O) groups excluding carboxylic acids is 2. The van der Waals surface area contributed by atoms with Gasteiger partial charge in [0.25, 0.3) is 5.56 Å². The Bertz CT molecular complexity index is 1650. The standard InChI is InChI=1S/C28H26N4O7S/c1-4-32-26(34)21-11-16(17-9-19(36-2)13-20(10-17)37-3)5-7-22(21)30-28(32)40-14-25(33)31-27(35)29-18-6-8-23-24(12-18)39-15-38-23/h5-13H,4,14-15H2,1-3H3,(H2,29,31,33,35). The second kappa shape index (κ2) is 11.6. The first-order valence-electron chi connectivity index (χ1n) is 12.3. The van der Waals surface area contributed by atoms with Gasteiger partial charge in [-0.15, -0.1) is 0 Å². The summed E-state index contributed by atoms with van der Waals surface area (Å²) in [6, 6.07) is 15.1. The van der Waals surface area contributed by atoms with Crippen molar-refractivity contribution in [2.24, 2.45) is 0 Å². The third kappa shape index (κ3) is 5.66. The summed E-state index contributed by atoms with van der Waals surface area (Å²) in [5.41, 5.74) is 2.35.